The molecule has 2 aromatic carbocycles. The Balaban J connectivity index is 1.24. The van der Waals surface area contributed by atoms with E-state index in [1.165, 1.54) is 6.33 Å². The quantitative estimate of drug-likeness (QED) is 0.333. The fourth-order valence-corrected chi connectivity index (χ4v) is 4.20. The molecule has 1 aliphatic heterocycles. The summed E-state index contributed by atoms with van der Waals surface area (Å²) in [5.74, 6) is 7.83. The summed E-state index contributed by atoms with van der Waals surface area (Å²) in [6.45, 7) is 5.39. The summed E-state index contributed by atoms with van der Waals surface area (Å²) in [6.07, 6.45) is 3.16. The van der Waals surface area contributed by atoms with Gasteiger partial charge in [0.2, 0.25) is 5.91 Å². The normalized spacial score (nSPS) is 13.4. The standard InChI is InChI=1S/C29H27ClN6O3/c1-20-4-7-23(17-32-20)39-27-9-6-22(16-25(27)30)35-29-24-15-21(5-8-26(24)33-19-34-29)3-2-10-31-28(37)18-36-11-13-38-14-12-36/h4-9,15-17,19H,10-14,18H2,1H3,(H,31,37)(H,33,34,35). The molecule has 1 saturated heterocycles. The van der Waals surface area contributed by atoms with Crippen LogP contribution in [0.15, 0.2) is 61.1 Å². The predicted octanol–water partition coefficient (Wildman–Crippen LogP) is 4.32. The van der Waals surface area contributed by atoms with E-state index in [0.717, 1.165) is 40.9 Å². The number of halogens is 1. The fourth-order valence-electron chi connectivity index (χ4n) is 3.98. The maximum atomic E-state index is 12.2. The van der Waals surface area contributed by atoms with Gasteiger partial charge in [0.25, 0.3) is 0 Å². The Morgan fingerprint density at radius 1 is 1.10 bits per heavy atom. The number of aromatic nitrogens is 3. The second-order valence-corrected chi connectivity index (χ2v) is 9.34. The molecule has 5 rings (SSSR count). The lowest BCUT2D eigenvalue weighted by molar-refractivity contribution is -0.123. The number of aryl methyl sites for hydroxylation is 1. The molecule has 0 saturated carbocycles. The number of carbonyl (C=O) groups excluding carboxylic acids is 1. The van der Waals surface area contributed by atoms with Gasteiger partial charge >= 0.3 is 0 Å². The second kappa shape index (κ2) is 12.5. The van der Waals surface area contributed by atoms with E-state index in [9.17, 15) is 4.79 Å². The number of nitrogens with zero attached hydrogens (tertiary/aromatic N) is 4. The molecule has 4 aromatic rings. The molecular weight excluding hydrogens is 516 g/mol. The van der Waals surface area contributed by atoms with Crippen LogP contribution in [0.4, 0.5) is 11.5 Å². The van der Waals surface area contributed by atoms with Gasteiger partial charge in [-0.3, -0.25) is 14.7 Å². The van der Waals surface area contributed by atoms with Crippen molar-refractivity contribution in [2.45, 2.75) is 6.92 Å². The Bertz CT molecular complexity index is 1530. The molecule has 1 fully saturated rings. The van der Waals surface area contributed by atoms with Gasteiger partial charge < -0.3 is 20.1 Å². The van der Waals surface area contributed by atoms with Gasteiger partial charge in [0, 0.05) is 35.4 Å². The van der Waals surface area contributed by atoms with Crippen LogP contribution in [0.1, 0.15) is 11.3 Å². The molecule has 0 spiro atoms. The molecule has 0 unspecified atom stereocenters. The first-order valence-electron chi connectivity index (χ1n) is 12.5. The van der Waals surface area contributed by atoms with Gasteiger partial charge in [0.1, 0.15) is 23.6 Å². The van der Waals surface area contributed by atoms with Crippen molar-refractivity contribution in [3.63, 3.8) is 0 Å². The van der Waals surface area contributed by atoms with E-state index in [0.29, 0.717) is 42.1 Å². The summed E-state index contributed by atoms with van der Waals surface area (Å²) in [5, 5.41) is 7.42. The number of anilines is 2. The lowest BCUT2D eigenvalue weighted by atomic mass is 10.1. The third-order valence-electron chi connectivity index (χ3n) is 6.02. The van der Waals surface area contributed by atoms with Crippen LogP contribution in [0, 0.1) is 18.8 Å². The maximum absolute atomic E-state index is 12.2. The van der Waals surface area contributed by atoms with E-state index in [4.69, 9.17) is 21.1 Å². The smallest absolute Gasteiger partial charge is 0.234 e. The molecule has 10 heteroatoms. The highest BCUT2D eigenvalue weighted by Gasteiger charge is 2.13. The van der Waals surface area contributed by atoms with E-state index in [1.807, 2.05) is 43.3 Å². The zero-order valence-electron chi connectivity index (χ0n) is 21.4. The van der Waals surface area contributed by atoms with E-state index in [-0.39, 0.29) is 12.5 Å². The zero-order chi connectivity index (χ0) is 27.0. The third kappa shape index (κ3) is 7.21. The lowest BCUT2D eigenvalue weighted by Crippen LogP contribution is -2.43. The van der Waals surface area contributed by atoms with Gasteiger partial charge in [-0.2, -0.15) is 0 Å². The van der Waals surface area contributed by atoms with Crippen LogP contribution in [0.2, 0.25) is 5.02 Å². The number of rotatable bonds is 7. The molecule has 39 heavy (non-hydrogen) atoms. The highest BCUT2D eigenvalue weighted by atomic mass is 35.5. The van der Waals surface area contributed by atoms with Crippen molar-refractivity contribution < 1.29 is 14.3 Å². The number of amides is 1. The molecule has 9 nitrogen and oxygen atoms in total. The van der Waals surface area contributed by atoms with Gasteiger partial charge in [0.15, 0.2) is 0 Å². The van der Waals surface area contributed by atoms with Crippen molar-refractivity contribution >= 4 is 39.9 Å². The molecule has 2 N–H and O–H groups in total. The third-order valence-corrected chi connectivity index (χ3v) is 6.31. The first-order valence-corrected chi connectivity index (χ1v) is 12.9. The van der Waals surface area contributed by atoms with Gasteiger partial charge in [-0.1, -0.05) is 23.4 Å². The minimum atomic E-state index is -0.0461. The molecule has 198 valence electrons. The van der Waals surface area contributed by atoms with E-state index < -0.39 is 0 Å². The van der Waals surface area contributed by atoms with Crippen molar-refractivity contribution in [2.75, 3.05) is 44.7 Å². The summed E-state index contributed by atoms with van der Waals surface area (Å²) in [5.41, 5.74) is 3.21. The zero-order valence-corrected chi connectivity index (χ0v) is 22.2. The highest BCUT2D eigenvalue weighted by molar-refractivity contribution is 6.32. The maximum Gasteiger partial charge on any atom is 0.234 e. The first kappa shape index (κ1) is 26.4. The number of nitrogens with one attached hydrogen (secondary N) is 2. The van der Waals surface area contributed by atoms with Crippen molar-refractivity contribution in [2.24, 2.45) is 0 Å². The molecule has 2 aromatic heterocycles. The summed E-state index contributed by atoms with van der Waals surface area (Å²) >= 11 is 6.49. The Morgan fingerprint density at radius 3 is 2.77 bits per heavy atom. The molecule has 1 amide bonds. The second-order valence-electron chi connectivity index (χ2n) is 8.93. The van der Waals surface area contributed by atoms with Crippen molar-refractivity contribution in [1.29, 1.82) is 0 Å². The SMILES string of the molecule is Cc1ccc(Oc2ccc(Nc3ncnc4ccc(C#CCNC(=O)CN5CCOCC5)cc34)cc2Cl)cn1. The average molecular weight is 543 g/mol. The minimum Gasteiger partial charge on any atom is -0.454 e. The largest absolute Gasteiger partial charge is 0.454 e. The molecule has 0 bridgehead atoms. The number of pyridine rings is 1. The topological polar surface area (TPSA) is 102 Å². The van der Waals surface area contributed by atoms with Crippen LogP contribution >= 0.6 is 11.6 Å². The molecule has 3 heterocycles. The van der Waals surface area contributed by atoms with E-state index in [1.54, 1.807) is 18.3 Å². The van der Waals surface area contributed by atoms with Crippen LogP contribution in [-0.2, 0) is 9.53 Å². The Morgan fingerprint density at radius 2 is 1.97 bits per heavy atom. The highest BCUT2D eigenvalue weighted by Crippen LogP contribution is 2.33. The van der Waals surface area contributed by atoms with Crippen LogP contribution < -0.4 is 15.4 Å². The van der Waals surface area contributed by atoms with E-state index in [2.05, 4.69) is 42.3 Å². The average Bonchev–Trinajstić information content (AvgIpc) is 2.94. The number of benzene rings is 2. The Labute approximate surface area is 231 Å². The molecule has 0 atom stereocenters. The number of ether oxygens (including phenoxy) is 2. The van der Waals surface area contributed by atoms with Gasteiger partial charge in [-0.05, 0) is 55.5 Å². The number of carbonyl (C=O) groups is 1. The van der Waals surface area contributed by atoms with Crippen LogP contribution in [-0.4, -0.2) is 65.2 Å². The summed E-state index contributed by atoms with van der Waals surface area (Å²) < 4.78 is 11.2. The lowest BCUT2D eigenvalue weighted by Gasteiger charge is -2.25. The van der Waals surface area contributed by atoms with Gasteiger partial charge in [-0.15, -0.1) is 0 Å². The van der Waals surface area contributed by atoms with Crippen molar-refractivity contribution in [3.05, 3.63) is 77.3 Å². The van der Waals surface area contributed by atoms with Crippen LogP contribution in [0.25, 0.3) is 10.9 Å². The monoisotopic (exact) mass is 542 g/mol. The minimum absolute atomic E-state index is 0.0461. The predicted molar refractivity (Wildman–Crippen MR) is 150 cm³/mol. The van der Waals surface area contributed by atoms with E-state index >= 15 is 0 Å². The molecule has 1 aliphatic rings. The molecular formula is C29H27ClN6O3. The summed E-state index contributed by atoms with van der Waals surface area (Å²) in [7, 11) is 0. The number of hydrogen-bond donors (Lipinski definition) is 2. The summed E-state index contributed by atoms with van der Waals surface area (Å²) in [4.78, 5) is 27.3. The molecule has 0 radical (unpaired) electrons. The number of morpholine rings is 1. The van der Waals surface area contributed by atoms with Crippen molar-refractivity contribution in [1.82, 2.24) is 25.2 Å². The fraction of sp³-hybridized carbons (Fsp3) is 0.241. The van der Waals surface area contributed by atoms with Crippen molar-refractivity contribution in [3.8, 4) is 23.3 Å². The van der Waals surface area contributed by atoms with Crippen LogP contribution in [0.5, 0.6) is 11.5 Å². The molecule has 0 aliphatic carbocycles. The number of hydrogen-bond acceptors (Lipinski definition) is 8. The number of fused-ring (bicyclic) bond motifs is 1. The Kier molecular flexibility index (Phi) is 8.48. The van der Waals surface area contributed by atoms with Gasteiger partial charge in [0.05, 0.1) is 43.0 Å². The first-order chi connectivity index (χ1) is 19.0. The van der Waals surface area contributed by atoms with Crippen LogP contribution in [0.3, 0.4) is 0 Å². The van der Waals surface area contributed by atoms with Gasteiger partial charge in [-0.25, -0.2) is 9.97 Å². The summed E-state index contributed by atoms with van der Waals surface area (Å²) in [6, 6.07) is 14.9. The Hall–Kier alpha value is -4.23.